The van der Waals surface area contributed by atoms with Gasteiger partial charge in [-0.15, -0.1) is 0 Å². The monoisotopic (exact) mass is 602 g/mol. The van der Waals surface area contributed by atoms with Crippen molar-refractivity contribution in [3.8, 4) is 11.9 Å². The molecule has 0 aliphatic rings. The van der Waals surface area contributed by atoms with E-state index in [1.165, 1.54) is 81.2 Å². The summed E-state index contributed by atoms with van der Waals surface area (Å²) in [6.45, 7) is 0. The lowest BCUT2D eigenvalue weighted by atomic mass is 10.3. The highest BCUT2D eigenvalue weighted by Crippen LogP contribution is 2.22. The molecule has 0 saturated heterocycles. The van der Waals surface area contributed by atoms with Crippen molar-refractivity contribution in [3.05, 3.63) is 73.1 Å². The summed E-state index contributed by atoms with van der Waals surface area (Å²) in [7, 11) is -5.13. The van der Waals surface area contributed by atoms with Crippen molar-refractivity contribution in [2.24, 2.45) is 0 Å². The zero-order chi connectivity index (χ0) is 28.8. The van der Waals surface area contributed by atoms with E-state index in [-0.39, 0.29) is 38.6 Å². The van der Waals surface area contributed by atoms with E-state index in [2.05, 4.69) is 40.0 Å². The Morgan fingerprint density at radius 3 is 1.77 bits per heavy atom. The van der Waals surface area contributed by atoms with Crippen molar-refractivity contribution in [2.45, 2.75) is 9.79 Å². The first-order valence-electron chi connectivity index (χ1n) is 11.2. The second kappa shape index (κ2) is 12.1. The Bertz CT molecular complexity index is 1680. The highest BCUT2D eigenvalue weighted by Gasteiger charge is 2.18. The van der Waals surface area contributed by atoms with Gasteiger partial charge in [0.05, 0.1) is 24.0 Å². The second-order valence-electron chi connectivity index (χ2n) is 7.69. The minimum Gasteiger partial charge on any atom is -0.481 e. The van der Waals surface area contributed by atoms with Crippen LogP contribution in [0.1, 0.15) is 0 Å². The maximum absolute atomic E-state index is 12.8. The minimum absolute atomic E-state index is 0.00800. The molecule has 4 rings (SSSR count). The molecule has 2 aromatic carbocycles. The van der Waals surface area contributed by atoms with Crippen molar-refractivity contribution in [1.29, 1.82) is 0 Å². The molecule has 0 saturated carbocycles. The topological polar surface area (TPSA) is 186 Å². The summed E-state index contributed by atoms with van der Waals surface area (Å²) in [4.78, 5) is 15.6. The van der Waals surface area contributed by atoms with Crippen molar-refractivity contribution < 1.29 is 26.3 Å². The van der Waals surface area contributed by atoms with E-state index in [9.17, 15) is 16.8 Å². The molecule has 40 heavy (non-hydrogen) atoms. The molecule has 0 atom stereocenters. The van der Waals surface area contributed by atoms with Crippen LogP contribution < -0.4 is 29.6 Å². The summed E-state index contributed by atoms with van der Waals surface area (Å²) >= 11 is 5.31. The van der Waals surface area contributed by atoms with E-state index in [1.54, 1.807) is 6.07 Å². The molecule has 0 aliphatic carbocycles. The first kappa shape index (κ1) is 28.4. The number of ether oxygens (including phenoxy) is 2. The molecule has 0 unspecified atom stereocenters. The summed E-state index contributed by atoms with van der Waals surface area (Å²) in [5.74, 6) is 0.0540. The second-order valence-corrected chi connectivity index (χ2v) is 11.5. The zero-order valence-electron chi connectivity index (χ0n) is 20.9. The number of anilines is 4. The fourth-order valence-electron chi connectivity index (χ4n) is 3.11. The van der Waals surface area contributed by atoms with Gasteiger partial charge in [-0.25, -0.2) is 31.5 Å². The van der Waals surface area contributed by atoms with Crippen LogP contribution in [0.15, 0.2) is 82.8 Å². The van der Waals surface area contributed by atoms with Gasteiger partial charge in [0.2, 0.25) is 11.8 Å². The molecular formula is C23H22N8O6S3. The van der Waals surface area contributed by atoms with Crippen LogP contribution in [0, 0.1) is 0 Å². The molecule has 208 valence electrons. The van der Waals surface area contributed by atoms with Gasteiger partial charge in [0.25, 0.3) is 20.0 Å². The van der Waals surface area contributed by atoms with Crippen LogP contribution in [-0.2, 0) is 20.0 Å². The van der Waals surface area contributed by atoms with E-state index in [0.29, 0.717) is 11.4 Å². The molecule has 2 heterocycles. The lowest BCUT2D eigenvalue weighted by Crippen LogP contribution is -2.19. The van der Waals surface area contributed by atoms with Crippen molar-refractivity contribution in [1.82, 2.24) is 19.9 Å². The van der Waals surface area contributed by atoms with E-state index in [4.69, 9.17) is 21.7 Å². The average molecular weight is 603 g/mol. The van der Waals surface area contributed by atoms with Crippen LogP contribution in [0.3, 0.4) is 0 Å². The van der Waals surface area contributed by atoms with Gasteiger partial charge >= 0.3 is 6.01 Å². The van der Waals surface area contributed by atoms with Crippen molar-refractivity contribution >= 4 is 60.5 Å². The number of rotatable bonds is 10. The quantitative estimate of drug-likeness (QED) is 0.194. The van der Waals surface area contributed by atoms with Crippen molar-refractivity contribution in [3.63, 3.8) is 0 Å². The lowest BCUT2D eigenvalue weighted by molar-refractivity contribution is 0.353. The summed E-state index contributed by atoms with van der Waals surface area (Å²) in [6, 6.07) is 14.5. The normalized spacial score (nSPS) is 11.2. The molecule has 0 aliphatic heterocycles. The number of hydrogen-bond donors (Lipinski definition) is 4. The number of nitrogens with zero attached hydrogens (tertiary/aromatic N) is 4. The Hall–Kier alpha value is -4.61. The van der Waals surface area contributed by atoms with E-state index in [1.807, 2.05) is 0 Å². The molecule has 4 aromatic rings. The Morgan fingerprint density at radius 2 is 1.27 bits per heavy atom. The molecule has 0 amide bonds. The van der Waals surface area contributed by atoms with Gasteiger partial charge in [0.1, 0.15) is 0 Å². The predicted octanol–water partition coefficient (Wildman–Crippen LogP) is 2.69. The standard InChI is InChI=1S/C23H22N8O6S3/c1-36-20-14-19(28-22(29-20)37-2)30-39(32,33)17-8-4-15(5-9-17)26-23(38)27-16-6-10-18(11-7-16)40(34,35)31-21-24-12-3-13-25-21/h3-14H,1-2H3,(H,24,25,31)(H2,26,27,38)(H,28,29,30). The van der Waals surface area contributed by atoms with Gasteiger partial charge in [-0.3, -0.25) is 4.72 Å². The lowest BCUT2D eigenvalue weighted by Gasteiger charge is -2.13. The highest BCUT2D eigenvalue weighted by molar-refractivity contribution is 7.93. The summed E-state index contributed by atoms with van der Waals surface area (Å²) in [5, 5.41) is 6.06. The van der Waals surface area contributed by atoms with Gasteiger partial charge in [-0.2, -0.15) is 9.97 Å². The Morgan fingerprint density at radius 1 is 0.750 bits per heavy atom. The fourth-order valence-corrected chi connectivity index (χ4v) is 5.29. The van der Waals surface area contributed by atoms with Gasteiger partial charge in [0.15, 0.2) is 10.9 Å². The maximum atomic E-state index is 12.8. The first-order valence-corrected chi connectivity index (χ1v) is 14.5. The highest BCUT2D eigenvalue weighted by atomic mass is 32.2. The van der Waals surface area contributed by atoms with E-state index in [0.717, 1.165) is 0 Å². The van der Waals surface area contributed by atoms with Crippen LogP contribution in [0.4, 0.5) is 23.1 Å². The molecule has 0 spiro atoms. The van der Waals surface area contributed by atoms with Gasteiger partial charge in [-0.1, -0.05) is 0 Å². The average Bonchev–Trinajstić information content (AvgIpc) is 2.93. The number of thiocarbonyl (C=S) groups is 1. The largest absolute Gasteiger partial charge is 0.481 e. The third-order valence-electron chi connectivity index (χ3n) is 4.95. The summed E-state index contributed by atoms with van der Waals surface area (Å²) < 4.78 is 65.3. The van der Waals surface area contributed by atoms with E-state index < -0.39 is 20.0 Å². The number of hydrogen-bond acceptors (Lipinski definition) is 11. The molecule has 0 fully saturated rings. The molecule has 2 aromatic heterocycles. The Labute approximate surface area is 235 Å². The third-order valence-corrected chi connectivity index (χ3v) is 7.87. The van der Waals surface area contributed by atoms with Gasteiger partial charge in [-0.05, 0) is 66.8 Å². The first-order chi connectivity index (χ1) is 19.1. The maximum Gasteiger partial charge on any atom is 0.321 e. The molecule has 14 nitrogen and oxygen atoms in total. The SMILES string of the molecule is COc1cc(NS(=O)(=O)c2ccc(NC(=S)Nc3ccc(S(=O)(=O)Nc4ncccn4)cc3)cc2)nc(OC)n1. The third kappa shape index (κ3) is 7.28. The van der Waals surface area contributed by atoms with Gasteiger partial charge < -0.3 is 20.1 Å². The van der Waals surface area contributed by atoms with Crippen LogP contribution in [-0.4, -0.2) is 56.1 Å². The molecule has 17 heteroatoms. The molecular weight excluding hydrogens is 581 g/mol. The smallest absolute Gasteiger partial charge is 0.321 e. The van der Waals surface area contributed by atoms with Crippen LogP contribution in [0.25, 0.3) is 0 Å². The zero-order valence-corrected chi connectivity index (χ0v) is 23.3. The number of benzene rings is 2. The van der Waals surface area contributed by atoms with Crippen LogP contribution >= 0.6 is 12.2 Å². The van der Waals surface area contributed by atoms with Crippen LogP contribution in [0.2, 0.25) is 0 Å². The van der Waals surface area contributed by atoms with Crippen LogP contribution in [0.5, 0.6) is 11.9 Å². The summed E-state index contributed by atoms with van der Waals surface area (Å²) in [6.07, 6.45) is 2.84. The minimum atomic E-state index is -3.98. The predicted molar refractivity (Wildman–Crippen MR) is 152 cm³/mol. The Kier molecular flexibility index (Phi) is 8.56. The van der Waals surface area contributed by atoms with E-state index >= 15 is 0 Å². The number of aromatic nitrogens is 4. The number of sulfonamides is 2. The number of nitrogens with one attached hydrogen (secondary N) is 4. The Balaban J connectivity index is 1.36. The summed E-state index contributed by atoms with van der Waals surface area (Å²) in [5.41, 5.74) is 1.03. The molecule has 4 N–H and O–H groups in total. The molecule has 0 bridgehead atoms. The van der Waals surface area contributed by atoms with Gasteiger partial charge in [0, 0.05) is 29.8 Å². The molecule has 0 radical (unpaired) electrons. The fraction of sp³-hybridized carbons (Fsp3) is 0.0870. The van der Waals surface area contributed by atoms with Crippen molar-refractivity contribution in [2.75, 3.05) is 34.3 Å². The number of methoxy groups -OCH3 is 2.